The number of methoxy groups -OCH3 is 1. The van der Waals surface area contributed by atoms with Gasteiger partial charge in [-0.2, -0.15) is 8.42 Å². The van der Waals surface area contributed by atoms with Crippen LogP contribution in [0.4, 0.5) is 4.79 Å². The Kier molecular flexibility index (Phi) is 7.87. The summed E-state index contributed by atoms with van der Waals surface area (Å²) in [5, 5.41) is 0.113. The molecule has 1 heterocycles. The van der Waals surface area contributed by atoms with E-state index in [0.29, 0.717) is 21.2 Å². The van der Waals surface area contributed by atoms with Crippen LogP contribution in [0.1, 0.15) is 11.1 Å². The van der Waals surface area contributed by atoms with Gasteiger partial charge in [0.15, 0.2) is 5.75 Å². The molecule has 0 spiro atoms. The molecule has 0 unspecified atom stereocenters. The Balaban J connectivity index is 1.62. The summed E-state index contributed by atoms with van der Waals surface area (Å²) >= 11 is 19.4. The van der Waals surface area contributed by atoms with Crippen molar-refractivity contribution in [3.63, 3.8) is 0 Å². The Bertz CT molecular complexity index is 1470. The summed E-state index contributed by atoms with van der Waals surface area (Å²) in [6.45, 7) is -0.0886. The van der Waals surface area contributed by atoms with Crippen molar-refractivity contribution < 1.29 is 26.9 Å². The van der Waals surface area contributed by atoms with E-state index in [1.807, 2.05) is 0 Å². The lowest BCUT2D eigenvalue weighted by molar-refractivity contribution is -0.123. The van der Waals surface area contributed by atoms with Gasteiger partial charge in [0.05, 0.1) is 23.6 Å². The number of benzene rings is 3. The number of ether oxygens (including phenoxy) is 1. The second-order valence-corrected chi connectivity index (χ2v) is 11.1. The SMILES string of the molecule is COc1cc(/C=C2\SC(=O)N(Cc3c(Cl)cccc3Cl)C2=O)cc(Cl)c1OS(=O)(=O)c1ccccc1. The van der Waals surface area contributed by atoms with Crippen LogP contribution in [0.15, 0.2) is 70.5 Å². The van der Waals surface area contributed by atoms with Crippen LogP contribution in [0.2, 0.25) is 15.1 Å². The van der Waals surface area contributed by atoms with Crippen LogP contribution in [0.25, 0.3) is 6.08 Å². The lowest BCUT2D eigenvalue weighted by Crippen LogP contribution is -2.27. The van der Waals surface area contributed by atoms with Crippen molar-refractivity contribution in [1.82, 2.24) is 4.90 Å². The molecule has 0 N–H and O–H groups in total. The molecule has 12 heteroatoms. The number of hydrogen-bond donors (Lipinski definition) is 0. The monoisotopic (exact) mass is 583 g/mol. The van der Waals surface area contributed by atoms with E-state index in [-0.39, 0.29) is 32.9 Å². The number of thioether (sulfide) groups is 1. The summed E-state index contributed by atoms with van der Waals surface area (Å²) < 4.78 is 35.8. The van der Waals surface area contributed by atoms with E-state index in [9.17, 15) is 18.0 Å². The van der Waals surface area contributed by atoms with E-state index >= 15 is 0 Å². The molecule has 186 valence electrons. The number of carbonyl (C=O) groups excluding carboxylic acids is 2. The molecule has 1 aliphatic heterocycles. The number of imide groups is 1. The molecule has 1 fully saturated rings. The van der Waals surface area contributed by atoms with Crippen molar-refractivity contribution in [3.05, 3.63) is 91.8 Å². The predicted molar refractivity (Wildman–Crippen MR) is 140 cm³/mol. The first kappa shape index (κ1) is 26.4. The summed E-state index contributed by atoms with van der Waals surface area (Å²) in [7, 11) is -2.86. The third-order valence-electron chi connectivity index (χ3n) is 5.03. The van der Waals surface area contributed by atoms with E-state index in [1.165, 1.54) is 37.5 Å². The Morgan fingerprint density at radius 3 is 2.25 bits per heavy atom. The summed E-state index contributed by atoms with van der Waals surface area (Å²) in [5.74, 6) is -0.722. The first-order valence-electron chi connectivity index (χ1n) is 10.2. The second-order valence-electron chi connectivity index (χ2n) is 7.35. The highest BCUT2D eigenvalue weighted by atomic mass is 35.5. The number of rotatable bonds is 7. The number of nitrogens with zero attached hydrogens (tertiary/aromatic N) is 1. The fraction of sp³-hybridized carbons (Fsp3) is 0.0833. The van der Waals surface area contributed by atoms with Crippen LogP contribution in [-0.2, 0) is 21.5 Å². The second kappa shape index (κ2) is 10.7. The van der Waals surface area contributed by atoms with Crippen LogP contribution in [0, 0.1) is 0 Å². The van der Waals surface area contributed by atoms with E-state index in [0.717, 1.165) is 16.7 Å². The third kappa shape index (κ3) is 5.50. The predicted octanol–water partition coefficient (Wildman–Crippen LogP) is 6.66. The molecular formula is C24H16Cl3NO6S2. The van der Waals surface area contributed by atoms with Crippen LogP contribution in [0.3, 0.4) is 0 Å². The first-order chi connectivity index (χ1) is 17.1. The van der Waals surface area contributed by atoms with E-state index in [4.69, 9.17) is 43.7 Å². The lowest BCUT2D eigenvalue weighted by Gasteiger charge is -2.15. The van der Waals surface area contributed by atoms with E-state index in [1.54, 1.807) is 36.4 Å². The molecule has 1 saturated heterocycles. The van der Waals surface area contributed by atoms with Gasteiger partial charge in [0.1, 0.15) is 4.90 Å². The van der Waals surface area contributed by atoms with Gasteiger partial charge in [-0.25, -0.2) is 0 Å². The van der Waals surface area contributed by atoms with Crippen LogP contribution >= 0.6 is 46.6 Å². The molecule has 3 aromatic carbocycles. The Labute approximate surface area is 226 Å². The number of amides is 2. The Hall–Kier alpha value is -2.69. The highest BCUT2D eigenvalue weighted by Crippen LogP contribution is 2.41. The van der Waals surface area contributed by atoms with Gasteiger partial charge in [-0.15, -0.1) is 0 Å². The van der Waals surface area contributed by atoms with Gasteiger partial charge in [-0.1, -0.05) is 59.1 Å². The Morgan fingerprint density at radius 1 is 0.944 bits per heavy atom. The molecule has 3 aromatic rings. The minimum atomic E-state index is -4.17. The fourth-order valence-corrected chi connectivity index (χ4v) is 5.91. The standard InChI is InChI=1S/C24H16Cl3NO6S2/c1-33-20-11-14(10-19(27)22(20)34-36(31,32)15-6-3-2-4-7-15)12-21-23(29)28(24(30)35-21)13-16-17(25)8-5-9-18(16)26/h2-12H,13H2,1H3/b21-12-. The van der Waals surface area contributed by atoms with E-state index < -0.39 is 21.3 Å². The van der Waals surface area contributed by atoms with Crippen LogP contribution in [-0.4, -0.2) is 31.6 Å². The summed E-state index contributed by atoms with van der Waals surface area (Å²) in [6.07, 6.45) is 1.45. The van der Waals surface area contributed by atoms with Crippen molar-refractivity contribution in [2.75, 3.05) is 7.11 Å². The summed E-state index contributed by atoms with van der Waals surface area (Å²) in [6, 6.07) is 15.3. The zero-order chi connectivity index (χ0) is 26.0. The zero-order valence-corrected chi connectivity index (χ0v) is 22.3. The minimum absolute atomic E-state index is 0.0235. The molecule has 0 radical (unpaired) electrons. The molecular weight excluding hydrogens is 569 g/mol. The topological polar surface area (TPSA) is 90.0 Å². The van der Waals surface area contributed by atoms with Gasteiger partial charge in [-0.3, -0.25) is 14.5 Å². The van der Waals surface area contributed by atoms with E-state index in [2.05, 4.69) is 0 Å². The van der Waals surface area contributed by atoms with Crippen molar-refractivity contribution in [2.24, 2.45) is 0 Å². The first-order valence-corrected chi connectivity index (χ1v) is 13.5. The molecule has 0 aromatic heterocycles. The van der Waals surface area contributed by atoms with Gasteiger partial charge in [0, 0.05) is 15.6 Å². The average Bonchev–Trinajstić information content (AvgIpc) is 3.10. The lowest BCUT2D eigenvalue weighted by atomic mass is 10.1. The third-order valence-corrected chi connectivity index (χ3v) is 8.16. The van der Waals surface area contributed by atoms with Crippen molar-refractivity contribution in [1.29, 1.82) is 0 Å². The van der Waals surface area contributed by atoms with Crippen molar-refractivity contribution >= 4 is 73.9 Å². The zero-order valence-electron chi connectivity index (χ0n) is 18.4. The maximum absolute atomic E-state index is 13.0. The molecule has 0 atom stereocenters. The van der Waals surface area contributed by atoms with Gasteiger partial charge >= 0.3 is 10.1 Å². The normalized spacial score (nSPS) is 15.0. The molecule has 1 aliphatic rings. The molecule has 2 amide bonds. The van der Waals surface area contributed by atoms with Gasteiger partial charge in [0.25, 0.3) is 11.1 Å². The van der Waals surface area contributed by atoms with Crippen LogP contribution in [0.5, 0.6) is 11.5 Å². The molecule has 4 rings (SSSR count). The van der Waals surface area contributed by atoms with Gasteiger partial charge < -0.3 is 8.92 Å². The Morgan fingerprint density at radius 2 is 1.61 bits per heavy atom. The molecule has 0 aliphatic carbocycles. The van der Waals surface area contributed by atoms with Crippen molar-refractivity contribution in [2.45, 2.75) is 11.4 Å². The molecule has 36 heavy (non-hydrogen) atoms. The fourth-order valence-electron chi connectivity index (χ4n) is 3.28. The van der Waals surface area contributed by atoms with Gasteiger partial charge in [0.2, 0.25) is 5.75 Å². The molecule has 7 nitrogen and oxygen atoms in total. The maximum atomic E-state index is 13.0. The largest absolute Gasteiger partial charge is 0.493 e. The average molecular weight is 585 g/mol. The highest BCUT2D eigenvalue weighted by Gasteiger charge is 2.36. The highest BCUT2D eigenvalue weighted by molar-refractivity contribution is 8.18. The number of hydrogen-bond acceptors (Lipinski definition) is 7. The van der Waals surface area contributed by atoms with Crippen molar-refractivity contribution in [3.8, 4) is 11.5 Å². The summed E-state index contributed by atoms with van der Waals surface area (Å²) in [5.41, 5.74) is 0.845. The molecule has 0 bridgehead atoms. The quantitative estimate of drug-likeness (QED) is 0.227. The number of carbonyl (C=O) groups is 2. The maximum Gasteiger partial charge on any atom is 0.339 e. The minimum Gasteiger partial charge on any atom is -0.493 e. The number of halogens is 3. The van der Waals surface area contributed by atoms with Crippen LogP contribution < -0.4 is 8.92 Å². The summed E-state index contributed by atoms with van der Waals surface area (Å²) in [4.78, 5) is 26.6. The smallest absolute Gasteiger partial charge is 0.339 e. The molecule has 0 saturated carbocycles. The van der Waals surface area contributed by atoms with Gasteiger partial charge in [-0.05, 0) is 59.8 Å².